The Labute approximate surface area is 123 Å². The molecule has 0 saturated heterocycles. The molecular formula is C15H18N4O2. The first-order valence-electron chi connectivity index (χ1n) is 6.56. The number of amides is 1. The predicted octanol–water partition coefficient (Wildman–Crippen LogP) is 1.77. The summed E-state index contributed by atoms with van der Waals surface area (Å²) in [4.78, 5) is 20.5. The third-order valence-electron chi connectivity index (χ3n) is 2.93. The molecule has 2 aromatic rings. The van der Waals surface area contributed by atoms with Gasteiger partial charge in [0.1, 0.15) is 5.82 Å². The van der Waals surface area contributed by atoms with Crippen LogP contribution in [0.25, 0.3) is 0 Å². The van der Waals surface area contributed by atoms with Gasteiger partial charge in [-0.2, -0.15) is 0 Å². The Morgan fingerprint density at radius 1 is 1.33 bits per heavy atom. The van der Waals surface area contributed by atoms with E-state index in [1.807, 2.05) is 13.0 Å². The van der Waals surface area contributed by atoms with E-state index in [1.165, 1.54) is 0 Å². The Kier molecular flexibility index (Phi) is 4.71. The number of hydrogen-bond acceptors (Lipinski definition) is 5. The van der Waals surface area contributed by atoms with Crippen LogP contribution in [0.5, 0.6) is 5.88 Å². The van der Waals surface area contributed by atoms with E-state index >= 15 is 0 Å². The Hall–Kier alpha value is -2.63. The Bertz CT molecular complexity index is 626. The van der Waals surface area contributed by atoms with Crippen LogP contribution >= 0.6 is 0 Å². The Morgan fingerprint density at radius 3 is 2.76 bits per heavy atom. The lowest BCUT2D eigenvalue weighted by atomic mass is 10.2. The first-order chi connectivity index (χ1) is 10.1. The average molecular weight is 286 g/mol. The van der Waals surface area contributed by atoms with Gasteiger partial charge in [-0.15, -0.1) is 0 Å². The summed E-state index contributed by atoms with van der Waals surface area (Å²) in [6.07, 6.45) is 1.68. The molecule has 0 aliphatic rings. The van der Waals surface area contributed by atoms with Gasteiger partial charge in [-0.3, -0.25) is 4.79 Å². The number of nitrogens with zero attached hydrogens (tertiary/aromatic N) is 2. The second-order valence-electron chi connectivity index (χ2n) is 4.52. The monoisotopic (exact) mass is 286 g/mol. The number of nitrogens with one attached hydrogen (secondary N) is 2. The van der Waals surface area contributed by atoms with Crippen molar-refractivity contribution in [1.29, 1.82) is 0 Å². The first kappa shape index (κ1) is 14.8. The molecule has 0 aromatic carbocycles. The maximum Gasteiger partial charge on any atom is 0.251 e. The number of rotatable bonds is 5. The summed E-state index contributed by atoms with van der Waals surface area (Å²) in [6.45, 7) is 2.26. The highest BCUT2D eigenvalue weighted by molar-refractivity contribution is 5.94. The molecule has 2 aromatic heterocycles. The summed E-state index contributed by atoms with van der Waals surface area (Å²) in [7, 11) is 3.33. The number of ether oxygens (including phenoxy) is 1. The van der Waals surface area contributed by atoms with Crippen molar-refractivity contribution in [2.75, 3.05) is 19.5 Å². The number of pyridine rings is 2. The van der Waals surface area contributed by atoms with Crippen molar-refractivity contribution in [3.8, 4) is 5.88 Å². The van der Waals surface area contributed by atoms with Crippen LogP contribution in [0, 0.1) is 6.92 Å². The van der Waals surface area contributed by atoms with E-state index in [-0.39, 0.29) is 5.91 Å². The van der Waals surface area contributed by atoms with Crippen molar-refractivity contribution in [2.45, 2.75) is 13.5 Å². The van der Waals surface area contributed by atoms with Crippen LogP contribution in [0.4, 0.5) is 5.82 Å². The number of carbonyl (C=O) groups excluding carboxylic acids is 1. The molecule has 6 nitrogen and oxygen atoms in total. The highest BCUT2D eigenvalue weighted by atomic mass is 16.5. The van der Waals surface area contributed by atoms with Crippen LogP contribution < -0.4 is 15.4 Å². The molecular weight excluding hydrogens is 268 g/mol. The van der Waals surface area contributed by atoms with Crippen molar-refractivity contribution < 1.29 is 9.53 Å². The fourth-order valence-corrected chi connectivity index (χ4v) is 1.85. The maximum absolute atomic E-state index is 12.1. The largest absolute Gasteiger partial charge is 0.481 e. The van der Waals surface area contributed by atoms with Crippen molar-refractivity contribution in [2.24, 2.45) is 0 Å². The molecule has 21 heavy (non-hydrogen) atoms. The average Bonchev–Trinajstić information content (AvgIpc) is 2.52. The molecule has 0 radical (unpaired) electrons. The summed E-state index contributed by atoms with van der Waals surface area (Å²) >= 11 is 0. The SMILES string of the molecule is CNc1cc(C(=O)NCc2ccc(OC)nc2)cc(C)n1. The highest BCUT2D eigenvalue weighted by Gasteiger charge is 2.08. The van der Waals surface area contributed by atoms with Crippen molar-refractivity contribution >= 4 is 11.7 Å². The van der Waals surface area contributed by atoms with Crippen molar-refractivity contribution in [3.63, 3.8) is 0 Å². The zero-order valence-corrected chi connectivity index (χ0v) is 12.3. The fraction of sp³-hybridized carbons (Fsp3) is 0.267. The van der Waals surface area contributed by atoms with Crippen LogP contribution in [-0.2, 0) is 6.54 Å². The van der Waals surface area contributed by atoms with E-state index in [9.17, 15) is 4.79 Å². The minimum Gasteiger partial charge on any atom is -0.481 e. The molecule has 1 amide bonds. The molecule has 2 rings (SSSR count). The van der Waals surface area contributed by atoms with Crippen LogP contribution in [0.3, 0.4) is 0 Å². The van der Waals surface area contributed by atoms with Gasteiger partial charge in [-0.05, 0) is 24.6 Å². The van der Waals surface area contributed by atoms with Gasteiger partial charge in [-0.1, -0.05) is 6.07 Å². The van der Waals surface area contributed by atoms with Gasteiger partial charge in [0.25, 0.3) is 5.91 Å². The third kappa shape index (κ3) is 3.92. The van der Waals surface area contributed by atoms with Crippen molar-refractivity contribution in [3.05, 3.63) is 47.3 Å². The van der Waals surface area contributed by atoms with E-state index in [4.69, 9.17) is 4.74 Å². The van der Waals surface area contributed by atoms with Crippen LogP contribution in [0.1, 0.15) is 21.6 Å². The minimum atomic E-state index is -0.146. The number of aromatic nitrogens is 2. The van der Waals surface area contributed by atoms with E-state index in [0.29, 0.717) is 23.8 Å². The first-order valence-corrected chi connectivity index (χ1v) is 6.56. The molecule has 2 N–H and O–H groups in total. The third-order valence-corrected chi connectivity index (χ3v) is 2.93. The molecule has 0 atom stereocenters. The van der Waals surface area contributed by atoms with E-state index in [0.717, 1.165) is 11.3 Å². The zero-order chi connectivity index (χ0) is 15.2. The molecule has 0 unspecified atom stereocenters. The van der Waals surface area contributed by atoms with Gasteiger partial charge in [0.2, 0.25) is 5.88 Å². The summed E-state index contributed by atoms with van der Waals surface area (Å²) in [5, 5.41) is 5.79. The highest BCUT2D eigenvalue weighted by Crippen LogP contribution is 2.10. The summed E-state index contributed by atoms with van der Waals surface area (Å²) in [5.41, 5.74) is 2.27. The summed E-state index contributed by atoms with van der Waals surface area (Å²) in [5.74, 6) is 1.08. The number of anilines is 1. The number of carbonyl (C=O) groups is 1. The van der Waals surface area contributed by atoms with Gasteiger partial charge >= 0.3 is 0 Å². The normalized spacial score (nSPS) is 10.0. The number of methoxy groups -OCH3 is 1. The summed E-state index contributed by atoms with van der Waals surface area (Å²) < 4.78 is 4.99. The van der Waals surface area contributed by atoms with E-state index in [1.54, 1.807) is 38.6 Å². The van der Waals surface area contributed by atoms with Gasteiger partial charge in [-0.25, -0.2) is 9.97 Å². The second kappa shape index (κ2) is 6.69. The minimum absolute atomic E-state index is 0.146. The van der Waals surface area contributed by atoms with E-state index in [2.05, 4.69) is 20.6 Å². The molecule has 0 aliphatic carbocycles. The molecule has 0 spiro atoms. The lowest BCUT2D eigenvalue weighted by Crippen LogP contribution is -2.23. The molecule has 0 bridgehead atoms. The standard InChI is InChI=1S/C15H18N4O2/c1-10-6-12(7-13(16-2)19-10)15(20)18-9-11-4-5-14(21-3)17-8-11/h4-8H,9H2,1-3H3,(H,16,19)(H,18,20). The summed E-state index contributed by atoms with van der Waals surface area (Å²) in [6, 6.07) is 7.09. The van der Waals surface area contributed by atoms with E-state index < -0.39 is 0 Å². The fourth-order valence-electron chi connectivity index (χ4n) is 1.85. The molecule has 2 heterocycles. The van der Waals surface area contributed by atoms with Crippen LogP contribution in [0.15, 0.2) is 30.5 Å². The van der Waals surface area contributed by atoms with Gasteiger partial charge in [0.05, 0.1) is 7.11 Å². The molecule has 0 fully saturated rings. The lowest BCUT2D eigenvalue weighted by Gasteiger charge is -2.08. The number of aryl methyl sites for hydroxylation is 1. The second-order valence-corrected chi connectivity index (χ2v) is 4.52. The molecule has 110 valence electrons. The maximum atomic E-state index is 12.1. The van der Waals surface area contributed by atoms with Gasteiger partial charge in [0.15, 0.2) is 0 Å². The molecule has 0 saturated carbocycles. The zero-order valence-electron chi connectivity index (χ0n) is 12.3. The Morgan fingerprint density at radius 2 is 2.14 bits per heavy atom. The smallest absolute Gasteiger partial charge is 0.251 e. The predicted molar refractivity (Wildman–Crippen MR) is 80.5 cm³/mol. The lowest BCUT2D eigenvalue weighted by molar-refractivity contribution is 0.0950. The Balaban J connectivity index is 2.02. The van der Waals surface area contributed by atoms with Gasteiger partial charge < -0.3 is 15.4 Å². The van der Waals surface area contributed by atoms with Crippen LogP contribution in [0.2, 0.25) is 0 Å². The van der Waals surface area contributed by atoms with Crippen LogP contribution in [-0.4, -0.2) is 30.0 Å². The quantitative estimate of drug-likeness (QED) is 0.876. The van der Waals surface area contributed by atoms with Gasteiger partial charge in [0, 0.05) is 37.1 Å². The molecule has 6 heteroatoms. The molecule has 0 aliphatic heterocycles. The topological polar surface area (TPSA) is 76.1 Å². The number of hydrogen-bond donors (Lipinski definition) is 2. The van der Waals surface area contributed by atoms with Crippen molar-refractivity contribution in [1.82, 2.24) is 15.3 Å².